The number of carboxylic acid groups (broad SMARTS) is 1. The Hall–Kier alpha value is -2.77. The average Bonchev–Trinajstić information content (AvgIpc) is 2.68. The third kappa shape index (κ3) is 3.63. The zero-order valence-electron chi connectivity index (χ0n) is 15.0. The van der Waals surface area contributed by atoms with Crippen molar-refractivity contribution in [2.75, 3.05) is 6.61 Å². The summed E-state index contributed by atoms with van der Waals surface area (Å²) < 4.78 is 15.7. The number of aromatic nitrogens is 2. The molecule has 2 aromatic heterocycles. The fraction of sp³-hybridized carbons (Fsp3) is 0.250. The number of carboxylic acids is 1. The molecule has 0 amide bonds. The van der Waals surface area contributed by atoms with E-state index < -0.39 is 28.8 Å². The van der Waals surface area contributed by atoms with Crippen molar-refractivity contribution in [3.05, 3.63) is 74.5 Å². The summed E-state index contributed by atoms with van der Waals surface area (Å²) in [4.78, 5) is 28.5. The highest BCUT2D eigenvalue weighted by Gasteiger charge is 2.19. The van der Waals surface area contributed by atoms with Crippen LogP contribution in [0.1, 0.15) is 41.0 Å². The first-order valence-electron chi connectivity index (χ1n) is 8.68. The molecule has 28 heavy (non-hydrogen) atoms. The fourth-order valence-electron chi connectivity index (χ4n) is 3.14. The summed E-state index contributed by atoms with van der Waals surface area (Å²) in [5.74, 6) is -1.92. The molecule has 2 N–H and O–H groups in total. The number of benzene rings is 1. The molecule has 0 bridgehead atoms. The Morgan fingerprint density at radius 3 is 2.79 bits per heavy atom. The molecule has 0 unspecified atom stereocenters. The topological polar surface area (TPSA) is 92.4 Å². The zero-order valence-corrected chi connectivity index (χ0v) is 15.8. The van der Waals surface area contributed by atoms with Crippen LogP contribution in [0.25, 0.3) is 10.9 Å². The summed E-state index contributed by atoms with van der Waals surface area (Å²) in [6.07, 6.45) is 3.30. The summed E-state index contributed by atoms with van der Waals surface area (Å²) in [5, 5.41) is 19.2. The highest BCUT2D eigenvalue weighted by atomic mass is 35.5. The van der Waals surface area contributed by atoms with Crippen molar-refractivity contribution < 1.29 is 19.4 Å². The molecule has 0 saturated carbocycles. The summed E-state index contributed by atoms with van der Waals surface area (Å²) in [5.41, 5.74) is 0.0752. The molecule has 3 rings (SSSR count). The Kier molecular flexibility index (Phi) is 5.76. The van der Waals surface area contributed by atoms with E-state index in [2.05, 4.69) is 4.98 Å². The second-order valence-corrected chi connectivity index (χ2v) is 6.82. The van der Waals surface area contributed by atoms with Gasteiger partial charge in [-0.25, -0.2) is 9.18 Å². The van der Waals surface area contributed by atoms with Gasteiger partial charge in [-0.1, -0.05) is 30.7 Å². The molecule has 0 aliphatic rings. The Balaban J connectivity index is 2.19. The number of hydrogen-bond acceptors (Lipinski definition) is 4. The lowest BCUT2D eigenvalue weighted by molar-refractivity contribution is 0.0694. The molecule has 2 heterocycles. The van der Waals surface area contributed by atoms with E-state index in [0.717, 1.165) is 0 Å². The van der Waals surface area contributed by atoms with Gasteiger partial charge in [0, 0.05) is 23.7 Å². The lowest BCUT2D eigenvalue weighted by Crippen LogP contribution is -2.22. The molecule has 8 heteroatoms. The van der Waals surface area contributed by atoms with Crippen LogP contribution < -0.4 is 5.43 Å². The number of pyridine rings is 2. The van der Waals surface area contributed by atoms with E-state index in [-0.39, 0.29) is 23.4 Å². The molecular formula is C20H18ClFN2O4. The highest BCUT2D eigenvalue weighted by molar-refractivity contribution is 6.30. The maximum Gasteiger partial charge on any atom is 0.341 e. The minimum absolute atomic E-state index is 0.0115. The lowest BCUT2D eigenvalue weighted by atomic mass is 10.1. The summed E-state index contributed by atoms with van der Waals surface area (Å²) >= 11 is 5.81. The second kappa shape index (κ2) is 8.08. The molecule has 0 fully saturated rings. The van der Waals surface area contributed by atoms with Crippen molar-refractivity contribution in [3.8, 4) is 0 Å². The van der Waals surface area contributed by atoms with E-state index >= 15 is 0 Å². The van der Waals surface area contributed by atoms with E-state index in [1.54, 1.807) is 16.7 Å². The normalized spacial score (nSPS) is 12.3. The van der Waals surface area contributed by atoms with Crippen molar-refractivity contribution in [2.45, 2.75) is 25.8 Å². The number of aliphatic hydroxyl groups is 1. The number of rotatable bonds is 6. The van der Waals surface area contributed by atoms with Gasteiger partial charge >= 0.3 is 5.97 Å². The molecule has 1 aromatic carbocycles. The molecule has 146 valence electrons. The molecule has 1 atom stereocenters. The predicted octanol–water partition coefficient (Wildman–Crippen LogP) is 3.42. The van der Waals surface area contributed by atoms with Gasteiger partial charge in [0.1, 0.15) is 11.4 Å². The third-order valence-corrected chi connectivity index (χ3v) is 4.98. The van der Waals surface area contributed by atoms with E-state index in [4.69, 9.17) is 11.6 Å². The van der Waals surface area contributed by atoms with Crippen LogP contribution in [0.3, 0.4) is 0 Å². The first kappa shape index (κ1) is 20.0. The van der Waals surface area contributed by atoms with E-state index in [9.17, 15) is 24.2 Å². The smallest absolute Gasteiger partial charge is 0.341 e. The van der Waals surface area contributed by atoms with Gasteiger partial charge in [-0.05, 0) is 24.1 Å². The van der Waals surface area contributed by atoms with Crippen molar-refractivity contribution in [1.29, 1.82) is 0 Å². The number of halogens is 2. The van der Waals surface area contributed by atoms with E-state index in [1.807, 2.05) is 6.92 Å². The van der Waals surface area contributed by atoms with Crippen LogP contribution in [-0.4, -0.2) is 32.3 Å². The number of nitrogens with zero attached hydrogens (tertiary/aromatic N) is 2. The van der Waals surface area contributed by atoms with Crippen LogP contribution in [0.15, 0.2) is 41.5 Å². The Morgan fingerprint density at radius 2 is 2.14 bits per heavy atom. The number of aromatic carboxylic acids is 1. The summed E-state index contributed by atoms with van der Waals surface area (Å²) in [6, 6.07) is 5.68. The monoisotopic (exact) mass is 404 g/mol. The summed E-state index contributed by atoms with van der Waals surface area (Å²) in [6.45, 7) is 1.62. The summed E-state index contributed by atoms with van der Waals surface area (Å²) in [7, 11) is 0. The van der Waals surface area contributed by atoms with Gasteiger partial charge in [-0.3, -0.25) is 9.78 Å². The van der Waals surface area contributed by atoms with Crippen LogP contribution in [-0.2, 0) is 6.42 Å². The minimum atomic E-state index is -1.35. The van der Waals surface area contributed by atoms with Gasteiger partial charge in [-0.15, -0.1) is 0 Å². The van der Waals surface area contributed by atoms with Crippen LogP contribution in [0.5, 0.6) is 0 Å². The number of aliphatic hydroxyl groups excluding tert-OH is 1. The minimum Gasteiger partial charge on any atom is -0.477 e. The second-order valence-electron chi connectivity index (χ2n) is 6.41. The fourth-order valence-corrected chi connectivity index (χ4v) is 3.33. The average molecular weight is 405 g/mol. The van der Waals surface area contributed by atoms with Gasteiger partial charge in [0.2, 0.25) is 5.43 Å². The predicted molar refractivity (Wildman–Crippen MR) is 104 cm³/mol. The molecule has 3 aromatic rings. The number of fused-ring (bicyclic) bond motifs is 1. The van der Waals surface area contributed by atoms with Crippen LogP contribution in [0.2, 0.25) is 5.02 Å². The molecule has 0 aliphatic heterocycles. The van der Waals surface area contributed by atoms with E-state index in [1.165, 1.54) is 24.5 Å². The van der Waals surface area contributed by atoms with Gasteiger partial charge in [0.15, 0.2) is 0 Å². The molecule has 6 nitrogen and oxygen atoms in total. The Morgan fingerprint density at radius 1 is 1.39 bits per heavy atom. The standard InChI is InChI=1S/C20H18ClFN2O4/c1-2-13(10-25)24-9-15(20(27)28)19(26)14-7-12(23-8-17(14)24)6-11-4-3-5-16(21)18(11)22/h3-5,7-9,13,25H,2,6,10H2,1H3,(H,27,28)/t13-/m0/s1. The molecule has 0 aliphatic carbocycles. The van der Waals surface area contributed by atoms with Crippen molar-refractivity contribution >= 4 is 28.5 Å². The molecule has 0 saturated heterocycles. The quantitative estimate of drug-likeness (QED) is 0.656. The number of hydrogen-bond donors (Lipinski definition) is 2. The van der Waals surface area contributed by atoms with Gasteiger partial charge in [0.25, 0.3) is 0 Å². The van der Waals surface area contributed by atoms with Gasteiger partial charge in [0.05, 0.1) is 29.4 Å². The SMILES string of the molecule is CC[C@@H](CO)n1cc(C(=O)O)c(=O)c2cc(Cc3cccc(Cl)c3F)ncc21. The van der Waals surface area contributed by atoms with Gasteiger partial charge in [-0.2, -0.15) is 0 Å². The van der Waals surface area contributed by atoms with Crippen LogP contribution in [0, 0.1) is 5.82 Å². The van der Waals surface area contributed by atoms with Crippen molar-refractivity contribution in [1.82, 2.24) is 9.55 Å². The Labute approximate surface area is 164 Å². The zero-order chi connectivity index (χ0) is 20.4. The van der Waals surface area contributed by atoms with Crippen LogP contribution >= 0.6 is 11.6 Å². The highest BCUT2D eigenvalue weighted by Crippen LogP contribution is 2.23. The van der Waals surface area contributed by atoms with Crippen molar-refractivity contribution in [3.63, 3.8) is 0 Å². The Bertz CT molecular complexity index is 1110. The molecule has 0 spiro atoms. The maximum atomic E-state index is 14.2. The van der Waals surface area contributed by atoms with Gasteiger partial charge < -0.3 is 14.8 Å². The van der Waals surface area contributed by atoms with E-state index in [0.29, 0.717) is 23.2 Å². The number of carbonyl (C=O) groups is 1. The van der Waals surface area contributed by atoms with Crippen LogP contribution in [0.4, 0.5) is 4.39 Å². The first-order valence-corrected chi connectivity index (χ1v) is 9.06. The first-order chi connectivity index (χ1) is 13.4. The largest absolute Gasteiger partial charge is 0.477 e. The van der Waals surface area contributed by atoms with Crippen molar-refractivity contribution in [2.24, 2.45) is 0 Å². The maximum absolute atomic E-state index is 14.2. The third-order valence-electron chi connectivity index (χ3n) is 4.68. The lowest BCUT2D eigenvalue weighted by Gasteiger charge is -2.20. The molecular weight excluding hydrogens is 387 g/mol. The molecule has 0 radical (unpaired) electrons.